The number of nitrogen functional groups attached to an aromatic ring is 1. The standard InChI is InChI=1S/C22H16FN3O2/c23-17-12-18(24)16(11-19(17)26-22(27)20-6-3-9-28-20)21(25)15-8-7-13-4-1-2-5-14(13)10-15/h1-12,25H,24H2,(H,26,27)/p+1. The Hall–Kier alpha value is -3.93. The smallest absolute Gasteiger partial charge is 0.291 e. The SMILES string of the molecule is Nc1cc(F)c(NC(=O)c2ccco2)cc1C(=[NH2+])c1ccc2ccccc2c1. The quantitative estimate of drug-likeness (QED) is 0.379. The average Bonchev–Trinajstić information content (AvgIpc) is 3.24. The zero-order valence-electron chi connectivity index (χ0n) is 14.8. The van der Waals surface area contributed by atoms with Crippen LogP contribution in [0.3, 0.4) is 0 Å². The van der Waals surface area contributed by atoms with E-state index in [4.69, 9.17) is 15.6 Å². The van der Waals surface area contributed by atoms with Crippen LogP contribution in [0.25, 0.3) is 10.8 Å². The Kier molecular flexibility index (Phi) is 4.37. The second-order valence-corrected chi connectivity index (χ2v) is 6.33. The third-order valence-electron chi connectivity index (χ3n) is 4.48. The van der Waals surface area contributed by atoms with E-state index in [1.165, 1.54) is 18.4 Å². The van der Waals surface area contributed by atoms with Crippen LogP contribution in [0.5, 0.6) is 0 Å². The van der Waals surface area contributed by atoms with Crippen molar-refractivity contribution in [3.63, 3.8) is 0 Å². The Morgan fingerprint density at radius 1 is 1.00 bits per heavy atom. The number of fused-ring (bicyclic) bond motifs is 1. The molecule has 28 heavy (non-hydrogen) atoms. The molecule has 0 unspecified atom stereocenters. The number of benzene rings is 3. The van der Waals surface area contributed by atoms with Crippen molar-refractivity contribution >= 4 is 33.8 Å². The van der Waals surface area contributed by atoms with Gasteiger partial charge in [0.25, 0.3) is 5.91 Å². The fourth-order valence-corrected chi connectivity index (χ4v) is 3.02. The lowest BCUT2D eigenvalue weighted by atomic mass is 9.97. The largest absolute Gasteiger partial charge is 0.459 e. The van der Waals surface area contributed by atoms with E-state index >= 15 is 0 Å². The van der Waals surface area contributed by atoms with Crippen LogP contribution in [0.15, 0.2) is 77.4 Å². The van der Waals surface area contributed by atoms with E-state index < -0.39 is 11.7 Å². The molecule has 1 heterocycles. The number of amides is 1. The zero-order chi connectivity index (χ0) is 19.7. The molecule has 0 saturated carbocycles. The summed E-state index contributed by atoms with van der Waals surface area (Å²) in [5, 5.41) is 10.9. The average molecular weight is 374 g/mol. The minimum Gasteiger partial charge on any atom is -0.459 e. The molecule has 3 aromatic carbocycles. The lowest BCUT2D eigenvalue weighted by molar-refractivity contribution is -0.111. The molecule has 0 aliphatic heterocycles. The van der Waals surface area contributed by atoms with Crippen molar-refractivity contribution in [3.05, 3.63) is 95.7 Å². The van der Waals surface area contributed by atoms with E-state index in [2.05, 4.69) is 5.32 Å². The van der Waals surface area contributed by atoms with Crippen LogP contribution in [0.2, 0.25) is 0 Å². The molecule has 5 N–H and O–H groups in total. The van der Waals surface area contributed by atoms with E-state index in [0.29, 0.717) is 11.3 Å². The predicted molar refractivity (Wildman–Crippen MR) is 107 cm³/mol. The number of hydrogen-bond donors (Lipinski definition) is 3. The van der Waals surface area contributed by atoms with Crippen LogP contribution in [0, 0.1) is 5.82 Å². The van der Waals surface area contributed by atoms with Crippen molar-refractivity contribution in [1.29, 1.82) is 0 Å². The molecule has 0 atom stereocenters. The van der Waals surface area contributed by atoms with Gasteiger partial charge in [0.1, 0.15) is 5.82 Å². The van der Waals surface area contributed by atoms with Gasteiger partial charge >= 0.3 is 0 Å². The van der Waals surface area contributed by atoms with Gasteiger partial charge in [-0.1, -0.05) is 30.3 Å². The molecule has 0 radical (unpaired) electrons. The molecule has 0 saturated heterocycles. The normalized spacial score (nSPS) is 10.8. The minimum atomic E-state index is -0.660. The Labute approximate surface area is 160 Å². The summed E-state index contributed by atoms with van der Waals surface area (Å²) in [6.45, 7) is 0. The summed E-state index contributed by atoms with van der Waals surface area (Å²) in [6, 6.07) is 19.3. The lowest BCUT2D eigenvalue weighted by Crippen LogP contribution is -2.41. The highest BCUT2D eigenvalue weighted by molar-refractivity contribution is 6.14. The second-order valence-electron chi connectivity index (χ2n) is 6.33. The first-order chi connectivity index (χ1) is 13.5. The van der Waals surface area contributed by atoms with Gasteiger partial charge in [-0.2, -0.15) is 0 Å². The maximum atomic E-state index is 14.3. The fraction of sp³-hybridized carbons (Fsp3) is 0. The zero-order valence-corrected chi connectivity index (χ0v) is 14.8. The van der Waals surface area contributed by atoms with Crippen LogP contribution >= 0.6 is 0 Å². The van der Waals surface area contributed by atoms with Crippen molar-refractivity contribution in [2.75, 3.05) is 11.1 Å². The van der Waals surface area contributed by atoms with Gasteiger partial charge < -0.3 is 15.5 Å². The summed E-state index contributed by atoms with van der Waals surface area (Å²) in [5.41, 5.74) is 7.71. The second kappa shape index (κ2) is 7.00. The maximum absolute atomic E-state index is 14.3. The Morgan fingerprint density at radius 2 is 1.79 bits per heavy atom. The van der Waals surface area contributed by atoms with Crippen LogP contribution in [0.4, 0.5) is 15.8 Å². The molecule has 6 heteroatoms. The molecule has 0 fully saturated rings. The van der Waals surface area contributed by atoms with Gasteiger partial charge in [0, 0.05) is 11.3 Å². The van der Waals surface area contributed by atoms with Crippen LogP contribution < -0.4 is 16.5 Å². The first-order valence-corrected chi connectivity index (χ1v) is 8.59. The van der Waals surface area contributed by atoms with E-state index in [1.807, 2.05) is 42.5 Å². The van der Waals surface area contributed by atoms with Crippen LogP contribution in [0.1, 0.15) is 21.7 Å². The number of anilines is 2. The van der Waals surface area contributed by atoms with Gasteiger partial charge in [-0.25, -0.2) is 4.39 Å². The van der Waals surface area contributed by atoms with E-state index in [-0.39, 0.29) is 17.1 Å². The van der Waals surface area contributed by atoms with Gasteiger partial charge in [-0.05, 0) is 47.2 Å². The molecule has 1 amide bonds. The lowest BCUT2D eigenvalue weighted by Gasteiger charge is -2.10. The third kappa shape index (κ3) is 3.23. The molecule has 0 aliphatic carbocycles. The topological polar surface area (TPSA) is 93.8 Å². The summed E-state index contributed by atoms with van der Waals surface area (Å²) in [6.07, 6.45) is 1.37. The monoisotopic (exact) mass is 374 g/mol. The number of carbonyl (C=O) groups excluding carboxylic acids is 1. The van der Waals surface area contributed by atoms with E-state index in [1.54, 1.807) is 6.07 Å². The Bertz CT molecular complexity index is 1200. The van der Waals surface area contributed by atoms with Crippen molar-refractivity contribution in [2.24, 2.45) is 0 Å². The first kappa shape index (κ1) is 17.5. The molecule has 0 aliphatic rings. The number of carbonyl (C=O) groups is 1. The predicted octanol–water partition coefficient (Wildman–Crippen LogP) is 3.00. The Balaban J connectivity index is 1.70. The van der Waals surface area contributed by atoms with E-state index in [9.17, 15) is 9.18 Å². The van der Waals surface area contributed by atoms with Crippen molar-refractivity contribution in [1.82, 2.24) is 0 Å². The van der Waals surface area contributed by atoms with Gasteiger partial charge in [0.05, 0.1) is 17.5 Å². The number of hydrogen-bond acceptors (Lipinski definition) is 3. The Morgan fingerprint density at radius 3 is 2.54 bits per heavy atom. The summed E-state index contributed by atoms with van der Waals surface area (Å²) in [5.74, 6) is -1.15. The van der Waals surface area contributed by atoms with Gasteiger partial charge in [0.2, 0.25) is 5.71 Å². The van der Waals surface area contributed by atoms with Crippen LogP contribution in [-0.4, -0.2) is 11.6 Å². The summed E-state index contributed by atoms with van der Waals surface area (Å²) < 4.78 is 19.4. The number of furan rings is 1. The van der Waals surface area contributed by atoms with Crippen molar-refractivity contribution in [2.45, 2.75) is 0 Å². The highest BCUT2D eigenvalue weighted by Crippen LogP contribution is 2.25. The van der Waals surface area contributed by atoms with Gasteiger partial charge in [-0.3, -0.25) is 10.2 Å². The van der Waals surface area contributed by atoms with Gasteiger partial charge in [-0.15, -0.1) is 0 Å². The van der Waals surface area contributed by atoms with E-state index in [0.717, 1.165) is 22.4 Å². The summed E-state index contributed by atoms with van der Waals surface area (Å²) in [7, 11) is 0. The summed E-state index contributed by atoms with van der Waals surface area (Å²) in [4.78, 5) is 12.2. The molecule has 4 rings (SSSR count). The number of nitrogens with two attached hydrogens (primary N) is 2. The molecule has 138 valence electrons. The molecular weight excluding hydrogens is 357 g/mol. The molecule has 0 bridgehead atoms. The van der Waals surface area contributed by atoms with Gasteiger partial charge in [0.15, 0.2) is 5.76 Å². The minimum absolute atomic E-state index is 0.0330. The molecule has 4 aromatic rings. The first-order valence-electron chi connectivity index (χ1n) is 8.59. The summed E-state index contributed by atoms with van der Waals surface area (Å²) >= 11 is 0. The number of halogens is 1. The third-order valence-corrected chi connectivity index (χ3v) is 4.48. The van der Waals surface area contributed by atoms with Crippen molar-refractivity contribution in [3.8, 4) is 0 Å². The molecule has 0 spiro atoms. The maximum Gasteiger partial charge on any atom is 0.291 e. The number of nitrogens with one attached hydrogen (secondary N) is 1. The van der Waals surface area contributed by atoms with Crippen molar-refractivity contribution < 1.29 is 19.0 Å². The number of rotatable bonds is 4. The van der Waals surface area contributed by atoms with Crippen LogP contribution in [-0.2, 0) is 0 Å². The highest BCUT2D eigenvalue weighted by atomic mass is 19.1. The molecule has 5 nitrogen and oxygen atoms in total. The molecule has 1 aromatic heterocycles. The molecular formula is C22H17FN3O2+. The fourth-order valence-electron chi connectivity index (χ4n) is 3.02. The highest BCUT2D eigenvalue weighted by Gasteiger charge is 2.19.